The van der Waals surface area contributed by atoms with Gasteiger partial charge in [0.1, 0.15) is 5.82 Å². The zero-order valence-corrected chi connectivity index (χ0v) is 15.5. The number of hydrogen-bond acceptors (Lipinski definition) is 1. The lowest BCUT2D eigenvalue weighted by Gasteiger charge is -2.38. The van der Waals surface area contributed by atoms with E-state index in [0.717, 1.165) is 56.2 Å². The van der Waals surface area contributed by atoms with Crippen LogP contribution in [0, 0.1) is 11.2 Å². The molecule has 28 heavy (non-hydrogen) atoms. The van der Waals surface area contributed by atoms with Crippen molar-refractivity contribution >= 4 is 5.91 Å². The van der Waals surface area contributed by atoms with E-state index in [1.165, 1.54) is 0 Å². The van der Waals surface area contributed by atoms with Gasteiger partial charge < -0.3 is 5.32 Å². The molecule has 6 heteroatoms. The molecule has 2 aromatic rings. The Morgan fingerprint density at radius 1 is 1.00 bits per heavy atom. The van der Waals surface area contributed by atoms with Gasteiger partial charge >= 0.3 is 6.18 Å². The van der Waals surface area contributed by atoms with Gasteiger partial charge in [0.2, 0.25) is 0 Å². The summed E-state index contributed by atoms with van der Waals surface area (Å²) in [6.07, 6.45) is 1.00. The Labute approximate surface area is 162 Å². The van der Waals surface area contributed by atoms with Gasteiger partial charge in [0.15, 0.2) is 0 Å². The molecule has 0 atom stereocenters. The quantitative estimate of drug-likeness (QED) is 0.642. The molecule has 2 nitrogen and oxygen atoms in total. The molecular weight excluding hydrogens is 370 g/mol. The number of nitrogens with one attached hydrogen (secondary N) is 1. The molecule has 0 unspecified atom stereocenters. The van der Waals surface area contributed by atoms with Crippen LogP contribution in [0.3, 0.4) is 0 Å². The highest BCUT2D eigenvalue weighted by molar-refractivity contribution is 5.95. The molecule has 1 aliphatic carbocycles. The number of halogens is 4. The molecule has 150 valence electrons. The summed E-state index contributed by atoms with van der Waals surface area (Å²) in [7, 11) is 0. The van der Waals surface area contributed by atoms with Crippen LogP contribution >= 0.6 is 0 Å². The maximum absolute atomic E-state index is 13.3. The largest absolute Gasteiger partial charge is 0.417 e. The second-order valence-electron chi connectivity index (χ2n) is 7.59. The summed E-state index contributed by atoms with van der Waals surface area (Å²) < 4.78 is 52.9. The van der Waals surface area contributed by atoms with Crippen molar-refractivity contribution in [3.63, 3.8) is 0 Å². The van der Waals surface area contributed by atoms with Crippen LogP contribution in [-0.4, -0.2) is 12.5 Å². The van der Waals surface area contributed by atoms with Gasteiger partial charge in [-0.2, -0.15) is 13.2 Å². The predicted octanol–water partition coefficient (Wildman–Crippen LogP) is 5.77. The third-order valence-electron chi connectivity index (χ3n) is 5.49. The number of carbonyl (C=O) groups excluding carboxylic acids is 1. The van der Waals surface area contributed by atoms with Gasteiger partial charge in [-0.25, -0.2) is 4.39 Å². The summed E-state index contributed by atoms with van der Waals surface area (Å²) in [5, 5.41) is 2.70. The number of carbonyl (C=O) groups is 1. The smallest absolute Gasteiger partial charge is 0.351 e. The number of benzene rings is 2. The van der Waals surface area contributed by atoms with Gasteiger partial charge in [-0.1, -0.05) is 49.6 Å². The second kappa shape index (κ2) is 8.33. The number of amides is 1. The van der Waals surface area contributed by atoms with Crippen molar-refractivity contribution in [2.75, 3.05) is 6.54 Å². The van der Waals surface area contributed by atoms with Gasteiger partial charge in [0.25, 0.3) is 5.91 Å². The lowest BCUT2D eigenvalue weighted by atomic mass is 9.70. The summed E-state index contributed by atoms with van der Waals surface area (Å²) in [4.78, 5) is 12.5. The first-order chi connectivity index (χ1) is 13.3. The molecule has 0 spiro atoms. The Balaban J connectivity index is 1.78. The molecule has 0 aliphatic heterocycles. The highest BCUT2D eigenvalue weighted by atomic mass is 19.4. The molecule has 1 N–H and O–H groups in total. The Hall–Kier alpha value is -2.37. The van der Waals surface area contributed by atoms with E-state index >= 15 is 0 Å². The molecule has 1 saturated carbocycles. The molecule has 0 heterocycles. The molecule has 2 aromatic carbocycles. The molecule has 0 radical (unpaired) electrons. The third-order valence-corrected chi connectivity index (χ3v) is 5.49. The Bertz CT molecular complexity index is 811. The highest BCUT2D eigenvalue weighted by Crippen LogP contribution is 2.39. The van der Waals surface area contributed by atoms with Gasteiger partial charge in [-0.15, -0.1) is 0 Å². The van der Waals surface area contributed by atoms with Crippen molar-refractivity contribution in [1.82, 2.24) is 5.32 Å². The Morgan fingerprint density at radius 2 is 1.68 bits per heavy atom. The van der Waals surface area contributed by atoms with Crippen molar-refractivity contribution in [1.29, 1.82) is 0 Å². The SMILES string of the molecule is O=C(NCC1(Cc2ccccc2)CCCCC1)c1ccc(F)cc1C(F)(F)F. The van der Waals surface area contributed by atoms with Crippen LogP contribution < -0.4 is 5.32 Å². The molecule has 1 fully saturated rings. The summed E-state index contributed by atoms with van der Waals surface area (Å²) in [6.45, 7) is 0.301. The number of rotatable bonds is 5. The van der Waals surface area contributed by atoms with Crippen LogP contribution in [0.4, 0.5) is 17.6 Å². The van der Waals surface area contributed by atoms with Crippen molar-refractivity contribution < 1.29 is 22.4 Å². The first-order valence-corrected chi connectivity index (χ1v) is 9.48. The maximum Gasteiger partial charge on any atom is 0.417 e. The van der Waals surface area contributed by atoms with Gasteiger partial charge in [0.05, 0.1) is 11.1 Å². The van der Waals surface area contributed by atoms with E-state index in [2.05, 4.69) is 5.32 Å². The maximum atomic E-state index is 13.3. The third kappa shape index (κ3) is 4.91. The van der Waals surface area contributed by atoms with Crippen LogP contribution in [0.1, 0.15) is 53.6 Å². The topological polar surface area (TPSA) is 29.1 Å². The van der Waals surface area contributed by atoms with E-state index in [0.29, 0.717) is 12.6 Å². The first-order valence-electron chi connectivity index (χ1n) is 9.48. The minimum atomic E-state index is -4.79. The molecule has 0 saturated heterocycles. The fourth-order valence-corrected chi connectivity index (χ4v) is 4.06. The fourth-order valence-electron chi connectivity index (χ4n) is 4.06. The van der Waals surface area contributed by atoms with Crippen LogP contribution in [-0.2, 0) is 12.6 Å². The van der Waals surface area contributed by atoms with Crippen LogP contribution in [0.25, 0.3) is 0 Å². The minimum absolute atomic E-state index is 0.173. The van der Waals surface area contributed by atoms with Gasteiger partial charge in [-0.3, -0.25) is 4.79 Å². The monoisotopic (exact) mass is 393 g/mol. The lowest BCUT2D eigenvalue weighted by molar-refractivity contribution is -0.138. The summed E-state index contributed by atoms with van der Waals surface area (Å²) in [6, 6.07) is 12.1. The summed E-state index contributed by atoms with van der Waals surface area (Å²) >= 11 is 0. The van der Waals surface area contributed by atoms with E-state index in [-0.39, 0.29) is 5.41 Å². The minimum Gasteiger partial charge on any atom is -0.351 e. The second-order valence-corrected chi connectivity index (χ2v) is 7.59. The van der Waals surface area contributed by atoms with Crippen LogP contribution in [0.15, 0.2) is 48.5 Å². The zero-order chi connectivity index (χ0) is 20.2. The number of alkyl halides is 3. The molecule has 3 rings (SSSR count). The average Bonchev–Trinajstić information content (AvgIpc) is 2.67. The molecule has 1 amide bonds. The Morgan fingerprint density at radius 3 is 2.32 bits per heavy atom. The normalized spacial score (nSPS) is 16.6. The summed E-state index contributed by atoms with van der Waals surface area (Å²) in [5.41, 5.74) is -0.810. The molecule has 0 aromatic heterocycles. The zero-order valence-electron chi connectivity index (χ0n) is 15.5. The predicted molar refractivity (Wildman–Crippen MR) is 99.4 cm³/mol. The van der Waals surface area contributed by atoms with Crippen molar-refractivity contribution in [2.24, 2.45) is 5.41 Å². The van der Waals surface area contributed by atoms with Crippen molar-refractivity contribution in [3.05, 3.63) is 71.0 Å². The fraction of sp³-hybridized carbons (Fsp3) is 0.409. The van der Waals surface area contributed by atoms with Gasteiger partial charge in [-0.05, 0) is 48.4 Å². The van der Waals surface area contributed by atoms with E-state index in [1.54, 1.807) is 0 Å². The number of hydrogen-bond donors (Lipinski definition) is 1. The van der Waals surface area contributed by atoms with E-state index in [1.807, 2.05) is 30.3 Å². The van der Waals surface area contributed by atoms with Crippen LogP contribution in [0.5, 0.6) is 0 Å². The van der Waals surface area contributed by atoms with Gasteiger partial charge in [0, 0.05) is 6.54 Å². The lowest BCUT2D eigenvalue weighted by Crippen LogP contribution is -2.41. The highest BCUT2D eigenvalue weighted by Gasteiger charge is 2.37. The van der Waals surface area contributed by atoms with Crippen molar-refractivity contribution in [2.45, 2.75) is 44.7 Å². The molecule has 0 bridgehead atoms. The van der Waals surface area contributed by atoms with Crippen LogP contribution in [0.2, 0.25) is 0 Å². The molecule has 1 aliphatic rings. The Kier molecular flexibility index (Phi) is 6.06. The summed E-state index contributed by atoms with van der Waals surface area (Å²) in [5.74, 6) is -1.83. The van der Waals surface area contributed by atoms with E-state index in [9.17, 15) is 22.4 Å². The average molecular weight is 393 g/mol. The standard InChI is InChI=1S/C22H23F4NO/c23-17-9-10-18(19(13-17)22(24,25)26)20(28)27-15-21(11-5-2-6-12-21)14-16-7-3-1-4-8-16/h1,3-4,7-10,13H,2,5-6,11-12,14-15H2,(H,27,28). The first kappa shape index (κ1) is 20.4. The van der Waals surface area contributed by atoms with E-state index < -0.39 is 29.0 Å². The van der Waals surface area contributed by atoms with E-state index in [4.69, 9.17) is 0 Å². The molecular formula is C22H23F4NO. The van der Waals surface area contributed by atoms with Crippen molar-refractivity contribution in [3.8, 4) is 0 Å².